The van der Waals surface area contributed by atoms with Crippen LogP contribution in [-0.4, -0.2) is 24.0 Å². The molecule has 150 valence electrons. The standard InChI is InChI=1S/C27H32N2/c1-2-23-12-6-8-14-25(23)20-28-16-17-29-21-26-15-9-7-13-24(26)19-27(29)18-22-10-4-3-5-11-22/h3-15,27-28H,2,16-21H2,1H3. The third kappa shape index (κ3) is 5.14. The van der Waals surface area contributed by atoms with Crippen molar-refractivity contribution in [3.63, 3.8) is 0 Å². The first kappa shape index (κ1) is 19.9. The number of hydrogen-bond donors (Lipinski definition) is 1. The number of hydrogen-bond acceptors (Lipinski definition) is 2. The molecule has 2 heteroatoms. The van der Waals surface area contributed by atoms with Gasteiger partial charge in [-0.25, -0.2) is 0 Å². The molecular weight excluding hydrogens is 352 g/mol. The Morgan fingerprint density at radius 1 is 0.828 bits per heavy atom. The molecule has 0 bridgehead atoms. The number of nitrogens with one attached hydrogen (secondary N) is 1. The maximum absolute atomic E-state index is 3.69. The Balaban J connectivity index is 1.39. The third-order valence-corrected chi connectivity index (χ3v) is 6.17. The molecule has 1 heterocycles. The molecule has 4 rings (SSSR count). The molecule has 0 saturated heterocycles. The van der Waals surface area contributed by atoms with Crippen molar-refractivity contribution in [1.29, 1.82) is 0 Å². The maximum Gasteiger partial charge on any atom is 0.0240 e. The Labute approximate surface area is 175 Å². The second-order valence-electron chi connectivity index (χ2n) is 8.09. The largest absolute Gasteiger partial charge is 0.311 e. The molecule has 0 fully saturated rings. The molecule has 29 heavy (non-hydrogen) atoms. The maximum atomic E-state index is 3.69. The van der Waals surface area contributed by atoms with Crippen LogP contribution in [-0.2, 0) is 32.4 Å². The quantitative estimate of drug-likeness (QED) is 0.549. The van der Waals surface area contributed by atoms with Crippen LogP contribution in [0.5, 0.6) is 0 Å². The minimum absolute atomic E-state index is 0.567. The van der Waals surface area contributed by atoms with Crippen molar-refractivity contribution >= 4 is 0 Å². The van der Waals surface area contributed by atoms with E-state index in [1.54, 1.807) is 0 Å². The second-order valence-corrected chi connectivity index (χ2v) is 8.09. The van der Waals surface area contributed by atoms with Crippen LogP contribution in [0.25, 0.3) is 0 Å². The summed E-state index contributed by atoms with van der Waals surface area (Å²) in [4.78, 5) is 2.67. The van der Waals surface area contributed by atoms with E-state index < -0.39 is 0 Å². The SMILES string of the molecule is CCc1ccccc1CNCCN1Cc2ccccc2CC1Cc1ccccc1. The van der Waals surface area contributed by atoms with Crippen molar-refractivity contribution in [2.24, 2.45) is 0 Å². The fraction of sp³-hybridized carbons (Fsp3) is 0.333. The van der Waals surface area contributed by atoms with Crippen LogP contribution in [0.3, 0.4) is 0 Å². The summed E-state index contributed by atoms with van der Waals surface area (Å²) in [6.45, 7) is 6.35. The van der Waals surface area contributed by atoms with E-state index in [9.17, 15) is 0 Å². The topological polar surface area (TPSA) is 15.3 Å². The molecule has 0 saturated carbocycles. The zero-order valence-electron chi connectivity index (χ0n) is 17.5. The molecule has 2 nitrogen and oxygen atoms in total. The monoisotopic (exact) mass is 384 g/mol. The smallest absolute Gasteiger partial charge is 0.0240 e. The van der Waals surface area contributed by atoms with Crippen LogP contribution in [0.1, 0.15) is 34.7 Å². The average Bonchev–Trinajstić information content (AvgIpc) is 2.78. The molecule has 1 unspecified atom stereocenters. The van der Waals surface area contributed by atoms with Gasteiger partial charge in [0.1, 0.15) is 0 Å². The van der Waals surface area contributed by atoms with Gasteiger partial charge < -0.3 is 5.32 Å². The lowest BCUT2D eigenvalue weighted by molar-refractivity contribution is 0.170. The molecule has 1 aliphatic heterocycles. The fourth-order valence-electron chi connectivity index (χ4n) is 4.51. The minimum Gasteiger partial charge on any atom is -0.311 e. The van der Waals surface area contributed by atoms with Crippen LogP contribution in [0.2, 0.25) is 0 Å². The highest BCUT2D eigenvalue weighted by Gasteiger charge is 2.25. The predicted molar refractivity (Wildman–Crippen MR) is 122 cm³/mol. The normalized spacial score (nSPS) is 16.5. The van der Waals surface area contributed by atoms with Crippen molar-refractivity contribution in [3.05, 3.63) is 107 Å². The van der Waals surface area contributed by atoms with Gasteiger partial charge in [0, 0.05) is 32.2 Å². The molecule has 0 spiro atoms. The Morgan fingerprint density at radius 3 is 2.31 bits per heavy atom. The van der Waals surface area contributed by atoms with E-state index in [-0.39, 0.29) is 0 Å². The Hall–Kier alpha value is -2.42. The Morgan fingerprint density at radius 2 is 1.52 bits per heavy atom. The number of nitrogens with zero attached hydrogens (tertiary/aromatic N) is 1. The van der Waals surface area contributed by atoms with Gasteiger partial charge in [0.15, 0.2) is 0 Å². The molecule has 1 atom stereocenters. The molecule has 0 aromatic heterocycles. The van der Waals surface area contributed by atoms with E-state index in [1.807, 2.05) is 0 Å². The Kier molecular flexibility index (Phi) is 6.76. The number of rotatable bonds is 8. The van der Waals surface area contributed by atoms with Crippen molar-refractivity contribution in [3.8, 4) is 0 Å². The summed E-state index contributed by atoms with van der Waals surface area (Å²) in [6, 6.07) is 29.3. The summed E-state index contributed by atoms with van der Waals surface area (Å²) in [5.41, 5.74) is 7.34. The van der Waals surface area contributed by atoms with Gasteiger partial charge in [-0.05, 0) is 47.1 Å². The Bertz CT molecular complexity index is 903. The second kappa shape index (κ2) is 9.87. The van der Waals surface area contributed by atoms with E-state index in [0.29, 0.717) is 6.04 Å². The number of benzene rings is 3. The van der Waals surface area contributed by atoms with Crippen LogP contribution < -0.4 is 5.32 Å². The first-order valence-electron chi connectivity index (χ1n) is 11.0. The molecule has 3 aromatic carbocycles. The summed E-state index contributed by atoms with van der Waals surface area (Å²) in [5.74, 6) is 0. The van der Waals surface area contributed by atoms with Crippen molar-refractivity contribution in [2.45, 2.75) is 45.3 Å². The van der Waals surface area contributed by atoms with E-state index in [1.165, 1.54) is 27.8 Å². The summed E-state index contributed by atoms with van der Waals surface area (Å²) in [6.07, 6.45) is 3.36. The van der Waals surface area contributed by atoms with Gasteiger partial charge in [-0.15, -0.1) is 0 Å². The highest BCUT2D eigenvalue weighted by molar-refractivity contribution is 5.31. The lowest BCUT2D eigenvalue weighted by atomic mass is 9.90. The van der Waals surface area contributed by atoms with E-state index in [4.69, 9.17) is 0 Å². The van der Waals surface area contributed by atoms with E-state index in [0.717, 1.165) is 45.4 Å². The average molecular weight is 385 g/mol. The number of fused-ring (bicyclic) bond motifs is 1. The van der Waals surface area contributed by atoms with Crippen LogP contribution in [0, 0.1) is 0 Å². The van der Waals surface area contributed by atoms with Crippen LogP contribution >= 0.6 is 0 Å². The summed E-state index contributed by atoms with van der Waals surface area (Å²) < 4.78 is 0. The molecular formula is C27H32N2. The molecule has 0 aliphatic carbocycles. The minimum atomic E-state index is 0.567. The third-order valence-electron chi connectivity index (χ3n) is 6.17. The van der Waals surface area contributed by atoms with Gasteiger partial charge in [-0.3, -0.25) is 4.90 Å². The molecule has 1 aliphatic rings. The first-order valence-corrected chi connectivity index (χ1v) is 11.0. The summed E-state index contributed by atoms with van der Waals surface area (Å²) >= 11 is 0. The highest BCUT2D eigenvalue weighted by Crippen LogP contribution is 2.25. The zero-order valence-corrected chi connectivity index (χ0v) is 17.5. The molecule has 0 radical (unpaired) electrons. The van der Waals surface area contributed by atoms with Gasteiger partial charge in [0.2, 0.25) is 0 Å². The lowest BCUT2D eigenvalue weighted by Gasteiger charge is -2.37. The molecule has 3 aromatic rings. The lowest BCUT2D eigenvalue weighted by Crippen LogP contribution is -2.44. The van der Waals surface area contributed by atoms with E-state index in [2.05, 4.69) is 96.0 Å². The fourth-order valence-corrected chi connectivity index (χ4v) is 4.51. The van der Waals surface area contributed by atoms with Gasteiger partial charge >= 0.3 is 0 Å². The van der Waals surface area contributed by atoms with Crippen molar-refractivity contribution in [1.82, 2.24) is 10.2 Å². The van der Waals surface area contributed by atoms with Gasteiger partial charge in [0.05, 0.1) is 0 Å². The van der Waals surface area contributed by atoms with Gasteiger partial charge in [0.25, 0.3) is 0 Å². The van der Waals surface area contributed by atoms with Gasteiger partial charge in [-0.1, -0.05) is 85.8 Å². The summed E-state index contributed by atoms with van der Waals surface area (Å²) in [7, 11) is 0. The molecule has 1 N–H and O–H groups in total. The van der Waals surface area contributed by atoms with E-state index >= 15 is 0 Å². The summed E-state index contributed by atoms with van der Waals surface area (Å²) in [5, 5.41) is 3.69. The van der Waals surface area contributed by atoms with Gasteiger partial charge in [-0.2, -0.15) is 0 Å². The molecule has 0 amide bonds. The van der Waals surface area contributed by atoms with Crippen LogP contribution in [0.15, 0.2) is 78.9 Å². The highest BCUT2D eigenvalue weighted by atomic mass is 15.2. The van der Waals surface area contributed by atoms with Crippen molar-refractivity contribution < 1.29 is 0 Å². The number of aryl methyl sites for hydroxylation is 1. The predicted octanol–water partition coefficient (Wildman–Crippen LogP) is 5.01. The zero-order chi connectivity index (χ0) is 19.9. The van der Waals surface area contributed by atoms with Crippen molar-refractivity contribution in [2.75, 3.05) is 13.1 Å². The van der Waals surface area contributed by atoms with Crippen LogP contribution in [0.4, 0.5) is 0 Å². The first-order chi connectivity index (χ1) is 14.3.